The summed E-state index contributed by atoms with van der Waals surface area (Å²) >= 11 is 0. The lowest BCUT2D eigenvalue weighted by molar-refractivity contribution is -0.156. The van der Waals surface area contributed by atoms with Gasteiger partial charge in [0, 0.05) is 12.3 Å². The molecule has 0 heterocycles. The lowest BCUT2D eigenvalue weighted by Gasteiger charge is -2.59. The van der Waals surface area contributed by atoms with Crippen molar-refractivity contribution in [3.05, 3.63) is 0 Å². The van der Waals surface area contributed by atoms with Gasteiger partial charge in [-0.3, -0.25) is 4.79 Å². The van der Waals surface area contributed by atoms with Gasteiger partial charge in [-0.15, -0.1) is 0 Å². The average molecular weight is 292 g/mol. The van der Waals surface area contributed by atoms with Crippen molar-refractivity contribution < 1.29 is 9.18 Å². The predicted molar refractivity (Wildman–Crippen MR) is 81.6 cm³/mol. The molecular formula is C19H29FO. The minimum absolute atomic E-state index is 0.241. The summed E-state index contributed by atoms with van der Waals surface area (Å²) < 4.78 is 13.8. The summed E-state index contributed by atoms with van der Waals surface area (Å²) in [5.74, 6) is 2.30. The zero-order valence-corrected chi connectivity index (χ0v) is 13.5. The van der Waals surface area contributed by atoms with E-state index in [-0.39, 0.29) is 5.41 Å². The van der Waals surface area contributed by atoms with E-state index in [1.54, 1.807) is 0 Å². The van der Waals surface area contributed by atoms with Crippen LogP contribution < -0.4 is 0 Å². The number of carbonyl (C=O) groups excluding carboxylic acids is 1. The number of fused-ring (bicyclic) bond motifs is 5. The van der Waals surface area contributed by atoms with Crippen LogP contribution in [0.5, 0.6) is 0 Å². The Morgan fingerprint density at radius 3 is 2.67 bits per heavy atom. The molecule has 4 aliphatic rings. The third-order valence-electron chi connectivity index (χ3n) is 8.19. The highest BCUT2D eigenvalue weighted by atomic mass is 19.1. The second-order valence-corrected chi connectivity index (χ2v) is 9.07. The number of rotatable bonds is 0. The first-order valence-corrected chi connectivity index (χ1v) is 9.11. The van der Waals surface area contributed by atoms with Crippen LogP contribution in [0.2, 0.25) is 0 Å². The normalized spacial score (nSPS) is 56.5. The van der Waals surface area contributed by atoms with Crippen LogP contribution in [0.25, 0.3) is 0 Å². The molecule has 0 aliphatic heterocycles. The van der Waals surface area contributed by atoms with Gasteiger partial charge in [0.05, 0.1) is 0 Å². The Labute approximate surface area is 128 Å². The quantitative estimate of drug-likeness (QED) is 0.618. The summed E-state index contributed by atoms with van der Waals surface area (Å²) in [6, 6.07) is 0. The fraction of sp³-hybridized carbons (Fsp3) is 0.947. The van der Waals surface area contributed by atoms with Gasteiger partial charge in [0.15, 0.2) is 0 Å². The zero-order chi connectivity index (χ0) is 14.8. The fourth-order valence-corrected chi connectivity index (χ4v) is 6.87. The van der Waals surface area contributed by atoms with Crippen LogP contribution >= 0.6 is 0 Å². The summed E-state index contributed by atoms with van der Waals surface area (Å²) in [5.41, 5.74) is 0.669. The zero-order valence-electron chi connectivity index (χ0n) is 13.5. The standard InChI is InChI=1S/C19H29FO/c1-18-7-3-4-14(18)17-15(6-8-18)19(2)9-5-13(20)10-12(19)11-16(17)21/h12-15,17H,3-11H2,1-2H3. The maximum absolute atomic E-state index is 13.8. The van der Waals surface area contributed by atoms with Crippen molar-refractivity contribution in [3.8, 4) is 0 Å². The molecule has 4 saturated carbocycles. The summed E-state index contributed by atoms with van der Waals surface area (Å²) in [7, 11) is 0. The van der Waals surface area contributed by atoms with Gasteiger partial charge >= 0.3 is 0 Å². The van der Waals surface area contributed by atoms with Crippen molar-refractivity contribution in [3.63, 3.8) is 0 Å². The minimum Gasteiger partial charge on any atom is -0.299 e. The molecule has 0 spiro atoms. The van der Waals surface area contributed by atoms with Crippen LogP contribution in [0, 0.1) is 34.5 Å². The topological polar surface area (TPSA) is 17.1 Å². The van der Waals surface area contributed by atoms with E-state index in [0.717, 1.165) is 12.8 Å². The van der Waals surface area contributed by atoms with Crippen molar-refractivity contribution in [2.24, 2.45) is 34.5 Å². The van der Waals surface area contributed by atoms with E-state index >= 15 is 0 Å². The first kappa shape index (κ1) is 14.2. The number of alkyl halides is 1. The molecule has 0 bridgehead atoms. The van der Waals surface area contributed by atoms with Gasteiger partial charge in [0.1, 0.15) is 12.0 Å². The minimum atomic E-state index is -0.659. The second-order valence-electron chi connectivity index (χ2n) is 9.07. The summed E-state index contributed by atoms with van der Waals surface area (Å²) in [6.07, 6.45) is 8.80. The van der Waals surface area contributed by atoms with E-state index in [9.17, 15) is 9.18 Å². The maximum Gasteiger partial charge on any atom is 0.136 e. The maximum atomic E-state index is 13.8. The second kappa shape index (κ2) is 4.55. The van der Waals surface area contributed by atoms with Crippen LogP contribution in [-0.4, -0.2) is 12.0 Å². The summed E-state index contributed by atoms with van der Waals surface area (Å²) in [4.78, 5) is 12.9. The summed E-state index contributed by atoms with van der Waals surface area (Å²) in [5, 5.41) is 0. The van der Waals surface area contributed by atoms with Crippen LogP contribution in [0.4, 0.5) is 4.39 Å². The van der Waals surface area contributed by atoms with Gasteiger partial charge in [-0.25, -0.2) is 4.39 Å². The predicted octanol–water partition coefficient (Wildman–Crippen LogP) is 4.94. The van der Waals surface area contributed by atoms with Crippen LogP contribution in [0.1, 0.15) is 71.6 Å². The molecule has 21 heavy (non-hydrogen) atoms. The lowest BCUT2D eigenvalue weighted by atomic mass is 9.45. The Balaban J connectivity index is 1.69. The fourth-order valence-electron chi connectivity index (χ4n) is 6.87. The Kier molecular flexibility index (Phi) is 3.08. The number of hydrogen-bond acceptors (Lipinski definition) is 1. The van der Waals surface area contributed by atoms with Gasteiger partial charge in [0.2, 0.25) is 0 Å². The Morgan fingerprint density at radius 2 is 1.86 bits per heavy atom. The van der Waals surface area contributed by atoms with Crippen molar-refractivity contribution in [2.45, 2.75) is 77.8 Å². The van der Waals surface area contributed by atoms with Gasteiger partial charge in [-0.1, -0.05) is 20.3 Å². The molecule has 0 radical (unpaired) electrons. The molecule has 4 rings (SSSR count). The average Bonchev–Trinajstić information content (AvgIpc) is 2.82. The van der Waals surface area contributed by atoms with E-state index in [0.29, 0.717) is 47.7 Å². The Bertz CT molecular complexity index is 460. The number of Topliss-reactive ketones (excluding diaryl/α,β-unsaturated/α-hetero) is 1. The molecule has 0 aromatic rings. The lowest BCUT2D eigenvalue weighted by Crippen LogP contribution is -2.56. The number of carbonyl (C=O) groups is 1. The van der Waals surface area contributed by atoms with Gasteiger partial charge in [-0.2, -0.15) is 0 Å². The first-order valence-electron chi connectivity index (χ1n) is 9.11. The van der Waals surface area contributed by atoms with Gasteiger partial charge in [-0.05, 0) is 73.5 Å². The van der Waals surface area contributed by atoms with Crippen molar-refractivity contribution in [1.82, 2.24) is 0 Å². The molecule has 118 valence electrons. The highest BCUT2D eigenvalue weighted by Crippen LogP contribution is 2.65. The highest BCUT2D eigenvalue weighted by Gasteiger charge is 2.60. The molecule has 7 unspecified atom stereocenters. The van der Waals surface area contributed by atoms with E-state index in [1.165, 1.54) is 32.1 Å². The molecule has 0 amide bonds. The molecule has 0 aromatic carbocycles. The highest BCUT2D eigenvalue weighted by molar-refractivity contribution is 5.83. The molecule has 1 nitrogen and oxygen atoms in total. The monoisotopic (exact) mass is 292 g/mol. The largest absolute Gasteiger partial charge is 0.299 e. The molecule has 0 saturated heterocycles. The molecular weight excluding hydrogens is 263 g/mol. The molecule has 4 aliphatic carbocycles. The Hall–Kier alpha value is -0.400. The third-order valence-corrected chi connectivity index (χ3v) is 8.19. The Morgan fingerprint density at radius 1 is 1.05 bits per heavy atom. The van der Waals surface area contributed by atoms with Gasteiger partial charge in [0.25, 0.3) is 0 Å². The van der Waals surface area contributed by atoms with Gasteiger partial charge < -0.3 is 0 Å². The van der Waals surface area contributed by atoms with E-state index in [2.05, 4.69) is 13.8 Å². The van der Waals surface area contributed by atoms with E-state index in [1.807, 2.05) is 0 Å². The molecule has 0 aromatic heterocycles. The molecule has 4 fully saturated rings. The molecule has 7 atom stereocenters. The van der Waals surface area contributed by atoms with E-state index < -0.39 is 6.17 Å². The summed E-state index contributed by atoms with van der Waals surface area (Å²) in [6.45, 7) is 4.83. The first-order chi connectivity index (χ1) is 9.94. The van der Waals surface area contributed by atoms with Crippen LogP contribution in [-0.2, 0) is 4.79 Å². The third kappa shape index (κ3) is 1.90. The number of ketones is 1. The van der Waals surface area contributed by atoms with E-state index in [4.69, 9.17) is 0 Å². The SMILES string of the molecule is CC12CCCC1C1C(=O)CC3CC(F)CCC3(C)C1CC2. The molecule has 2 heteroatoms. The number of halogens is 1. The van der Waals surface area contributed by atoms with Crippen molar-refractivity contribution in [2.75, 3.05) is 0 Å². The van der Waals surface area contributed by atoms with Crippen LogP contribution in [0.15, 0.2) is 0 Å². The van der Waals surface area contributed by atoms with Crippen LogP contribution in [0.3, 0.4) is 0 Å². The van der Waals surface area contributed by atoms with Crippen molar-refractivity contribution in [1.29, 1.82) is 0 Å². The van der Waals surface area contributed by atoms with Crippen molar-refractivity contribution >= 4 is 5.78 Å². The smallest absolute Gasteiger partial charge is 0.136 e. The number of hydrogen-bond donors (Lipinski definition) is 0. The molecule has 0 N–H and O–H groups in total.